The summed E-state index contributed by atoms with van der Waals surface area (Å²) >= 11 is 5.46. The van der Waals surface area contributed by atoms with Crippen LogP contribution in [0.15, 0.2) is 24.0 Å². The van der Waals surface area contributed by atoms with Crippen molar-refractivity contribution < 1.29 is 23.0 Å². The quantitative estimate of drug-likeness (QED) is 0.699. The standard InChI is InChI=1S/C8H8ClF3O2/c1-14-7(8(10,11)12)4-2-3-5(13)6(7)9/h2-4,6,13H,1H3. The molecule has 0 amide bonds. The van der Waals surface area contributed by atoms with Crippen LogP contribution in [0.5, 0.6) is 0 Å². The molecule has 1 rings (SSSR count). The third kappa shape index (κ3) is 1.50. The van der Waals surface area contributed by atoms with Crippen LogP contribution < -0.4 is 0 Å². The maximum Gasteiger partial charge on any atom is 0.423 e. The molecule has 0 aliphatic heterocycles. The third-order valence-electron chi connectivity index (χ3n) is 2.03. The van der Waals surface area contributed by atoms with Crippen LogP contribution in [0.25, 0.3) is 0 Å². The van der Waals surface area contributed by atoms with Gasteiger partial charge in [-0.2, -0.15) is 13.2 Å². The Labute approximate surface area is 83.6 Å². The lowest BCUT2D eigenvalue weighted by molar-refractivity contribution is -0.249. The fourth-order valence-corrected chi connectivity index (χ4v) is 1.56. The summed E-state index contributed by atoms with van der Waals surface area (Å²) in [5, 5.41) is 7.45. The van der Waals surface area contributed by atoms with E-state index in [1.807, 2.05) is 0 Å². The minimum absolute atomic E-state index is 0.562. The summed E-state index contributed by atoms with van der Waals surface area (Å²) in [6.07, 6.45) is -1.73. The number of alkyl halides is 4. The van der Waals surface area contributed by atoms with Gasteiger partial charge in [-0.3, -0.25) is 0 Å². The van der Waals surface area contributed by atoms with Crippen molar-refractivity contribution >= 4 is 11.6 Å². The first-order valence-electron chi connectivity index (χ1n) is 3.69. The van der Waals surface area contributed by atoms with Gasteiger partial charge in [-0.15, -0.1) is 11.6 Å². The molecule has 0 saturated carbocycles. The average molecular weight is 229 g/mol. The number of rotatable bonds is 1. The molecule has 80 valence electrons. The third-order valence-corrected chi connectivity index (χ3v) is 2.58. The van der Waals surface area contributed by atoms with E-state index in [4.69, 9.17) is 16.7 Å². The van der Waals surface area contributed by atoms with Gasteiger partial charge in [-0.1, -0.05) is 6.08 Å². The number of hydrogen-bond acceptors (Lipinski definition) is 2. The van der Waals surface area contributed by atoms with Crippen molar-refractivity contribution in [3.8, 4) is 0 Å². The molecular formula is C8H8ClF3O2. The summed E-state index contributed by atoms with van der Waals surface area (Å²) in [5.41, 5.74) is -2.65. The molecular weight excluding hydrogens is 221 g/mol. The van der Waals surface area contributed by atoms with Crippen LogP contribution in [0.4, 0.5) is 13.2 Å². The maximum absolute atomic E-state index is 12.6. The summed E-state index contributed by atoms with van der Waals surface area (Å²) in [4.78, 5) is 0. The second kappa shape index (κ2) is 3.47. The Morgan fingerprint density at radius 1 is 1.57 bits per heavy atom. The molecule has 1 aliphatic carbocycles. The highest BCUT2D eigenvalue weighted by molar-refractivity contribution is 6.23. The highest BCUT2D eigenvalue weighted by Gasteiger charge is 2.60. The molecule has 2 atom stereocenters. The SMILES string of the molecule is COC1(C(F)(F)F)C=CC=C(O)C1Cl. The van der Waals surface area contributed by atoms with Crippen LogP contribution in [0.3, 0.4) is 0 Å². The summed E-state index contributed by atoms with van der Waals surface area (Å²) < 4.78 is 42.2. The fraction of sp³-hybridized carbons (Fsp3) is 0.500. The highest BCUT2D eigenvalue weighted by atomic mass is 35.5. The number of methoxy groups -OCH3 is 1. The Morgan fingerprint density at radius 2 is 2.14 bits per heavy atom. The molecule has 0 aromatic carbocycles. The second-order valence-electron chi connectivity index (χ2n) is 2.81. The van der Waals surface area contributed by atoms with E-state index >= 15 is 0 Å². The summed E-state index contributed by atoms with van der Waals surface area (Å²) in [7, 11) is 0.895. The largest absolute Gasteiger partial charge is 0.511 e. The molecule has 0 aromatic rings. The molecule has 0 saturated heterocycles. The predicted octanol–water partition coefficient (Wildman–Crippen LogP) is 2.55. The molecule has 6 heteroatoms. The van der Waals surface area contributed by atoms with E-state index in [-0.39, 0.29) is 0 Å². The molecule has 2 nitrogen and oxygen atoms in total. The number of aliphatic hydroxyl groups is 1. The van der Waals surface area contributed by atoms with Crippen molar-refractivity contribution in [2.75, 3.05) is 7.11 Å². The van der Waals surface area contributed by atoms with Gasteiger partial charge in [0.1, 0.15) is 11.1 Å². The Morgan fingerprint density at radius 3 is 2.50 bits per heavy atom. The monoisotopic (exact) mass is 228 g/mol. The summed E-state index contributed by atoms with van der Waals surface area (Å²) in [5.74, 6) is -0.562. The number of allylic oxidation sites excluding steroid dienone is 2. The lowest BCUT2D eigenvalue weighted by atomic mass is 9.92. The van der Waals surface area contributed by atoms with Crippen LogP contribution in [0.2, 0.25) is 0 Å². The maximum atomic E-state index is 12.6. The zero-order valence-electron chi connectivity index (χ0n) is 7.18. The van der Waals surface area contributed by atoms with Gasteiger partial charge in [-0.25, -0.2) is 0 Å². The molecule has 14 heavy (non-hydrogen) atoms. The summed E-state index contributed by atoms with van der Waals surface area (Å²) in [6, 6.07) is 0. The zero-order chi connectivity index (χ0) is 11.0. The first-order valence-corrected chi connectivity index (χ1v) is 4.13. The van der Waals surface area contributed by atoms with Gasteiger partial charge in [0.2, 0.25) is 5.60 Å². The van der Waals surface area contributed by atoms with E-state index in [1.54, 1.807) is 0 Å². The minimum atomic E-state index is -4.67. The van der Waals surface area contributed by atoms with Crippen LogP contribution in [0, 0.1) is 0 Å². The lowest BCUT2D eigenvalue weighted by Gasteiger charge is -2.36. The van der Waals surface area contributed by atoms with Crippen molar-refractivity contribution in [2.24, 2.45) is 0 Å². The topological polar surface area (TPSA) is 29.5 Å². The molecule has 0 heterocycles. The minimum Gasteiger partial charge on any atom is -0.511 e. The van der Waals surface area contributed by atoms with Crippen LogP contribution in [-0.2, 0) is 4.74 Å². The Balaban J connectivity index is 3.15. The molecule has 2 unspecified atom stereocenters. The van der Waals surface area contributed by atoms with E-state index < -0.39 is 22.9 Å². The van der Waals surface area contributed by atoms with Gasteiger partial charge in [-0.05, 0) is 12.2 Å². The molecule has 0 radical (unpaired) electrons. The molecule has 0 aromatic heterocycles. The number of aliphatic hydroxyl groups excluding tert-OH is 1. The van der Waals surface area contributed by atoms with E-state index in [0.29, 0.717) is 0 Å². The normalized spacial score (nSPS) is 32.9. The van der Waals surface area contributed by atoms with E-state index in [9.17, 15) is 13.2 Å². The molecule has 1 aliphatic rings. The van der Waals surface area contributed by atoms with E-state index in [2.05, 4.69) is 4.74 Å². The smallest absolute Gasteiger partial charge is 0.423 e. The first kappa shape index (κ1) is 11.4. The van der Waals surface area contributed by atoms with Gasteiger partial charge in [0.05, 0.1) is 0 Å². The molecule has 0 bridgehead atoms. The Kier molecular flexibility index (Phi) is 2.83. The van der Waals surface area contributed by atoms with Crippen LogP contribution in [-0.4, -0.2) is 29.4 Å². The lowest BCUT2D eigenvalue weighted by Crippen LogP contribution is -2.53. The predicted molar refractivity (Wildman–Crippen MR) is 45.3 cm³/mol. The van der Waals surface area contributed by atoms with Gasteiger partial charge in [0.25, 0.3) is 0 Å². The van der Waals surface area contributed by atoms with Crippen molar-refractivity contribution in [3.63, 3.8) is 0 Å². The molecule has 0 spiro atoms. The number of ether oxygens (including phenoxy) is 1. The average Bonchev–Trinajstić information content (AvgIpc) is 2.08. The van der Waals surface area contributed by atoms with Crippen LogP contribution >= 0.6 is 11.6 Å². The van der Waals surface area contributed by atoms with Gasteiger partial charge >= 0.3 is 6.18 Å². The van der Waals surface area contributed by atoms with E-state index in [1.165, 1.54) is 0 Å². The van der Waals surface area contributed by atoms with Gasteiger partial charge in [0.15, 0.2) is 0 Å². The van der Waals surface area contributed by atoms with Crippen LogP contribution in [0.1, 0.15) is 0 Å². The van der Waals surface area contributed by atoms with Crippen molar-refractivity contribution in [2.45, 2.75) is 17.2 Å². The highest BCUT2D eigenvalue weighted by Crippen LogP contribution is 2.43. The zero-order valence-corrected chi connectivity index (χ0v) is 7.93. The van der Waals surface area contributed by atoms with Gasteiger partial charge < -0.3 is 9.84 Å². The molecule has 0 fully saturated rings. The number of hydrogen-bond donors (Lipinski definition) is 1. The second-order valence-corrected chi connectivity index (χ2v) is 3.24. The van der Waals surface area contributed by atoms with E-state index in [0.717, 1.165) is 25.3 Å². The van der Waals surface area contributed by atoms with Crippen molar-refractivity contribution in [1.29, 1.82) is 0 Å². The Bertz CT molecular complexity index is 285. The Hall–Kier alpha value is -0.680. The number of halogens is 4. The summed E-state index contributed by atoms with van der Waals surface area (Å²) in [6.45, 7) is 0. The first-order chi connectivity index (χ1) is 6.35. The van der Waals surface area contributed by atoms with Crippen molar-refractivity contribution in [3.05, 3.63) is 24.0 Å². The van der Waals surface area contributed by atoms with Crippen molar-refractivity contribution in [1.82, 2.24) is 0 Å². The van der Waals surface area contributed by atoms with Gasteiger partial charge in [0, 0.05) is 7.11 Å². The molecule has 1 N–H and O–H groups in total. The fourth-order valence-electron chi connectivity index (χ4n) is 1.20.